The molecule has 5 atom stereocenters. The van der Waals surface area contributed by atoms with Gasteiger partial charge in [-0.05, 0) is 70.6 Å². The van der Waals surface area contributed by atoms with Crippen molar-refractivity contribution in [1.29, 1.82) is 0 Å². The maximum Gasteiger partial charge on any atom is 0.312 e. The number of hydrogen-bond acceptors (Lipinski definition) is 6. The quantitative estimate of drug-likeness (QED) is 0.253. The Bertz CT molecular complexity index is 1090. The van der Waals surface area contributed by atoms with Crippen LogP contribution in [0, 0.1) is 25.7 Å². The topological polar surface area (TPSA) is 96.4 Å². The van der Waals surface area contributed by atoms with E-state index in [0.29, 0.717) is 32.2 Å². The Morgan fingerprint density at radius 2 is 1.97 bits per heavy atom. The summed E-state index contributed by atoms with van der Waals surface area (Å²) in [6, 6.07) is 5.13. The number of unbranched alkanes of at least 4 members (excludes halogenated alkanes) is 3. The molecule has 2 unspecified atom stereocenters. The fraction of sp³-hybridized carbons (Fsp3) is 0.633. The van der Waals surface area contributed by atoms with Gasteiger partial charge in [-0.2, -0.15) is 0 Å². The van der Waals surface area contributed by atoms with E-state index in [9.17, 15) is 14.4 Å². The van der Waals surface area contributed by atoms with Gasteiger partial charge in [-0.25, -0.2) is 0 Å². The Balaban J connectivity index is 1.76. The highest BCUT2D eigenvalue weighted by Crippen LogP contribution is 2.63. The van der Waals surface area contributed by atoms with Crippen LogP contribution in [0.15, 0.2) is 30.9 Å². The smallest absolute Gasteiger partial charge is 0.312 e. The summed E-state index contributed by atoms with van der Waals surface area (Å²) in [6.07, 6.45) is 5.88. The van der Waals surface area contributed by atoms with Crippen molar-refractivity contribution in [2.75, 3.05) is 31.2 Å². The summed E-state index contributed by atoms with van der Waals surface area (Å²) in [5.41, 5.74) is 0.835. The summed E-state index contributed by atoms with van der Waals surface area (Å²) in [7, 11) is 0. The first-order chi connectivity index (χ1) is 18.1. The van der Waals surface area contributed by atoms with E-state index < -0.39 is 35.0 Å². The van der Waals surface area contributed by atoms with E-state index in [1.54, 1.807) is 22.8 Å². The second-order valence-electron chi connectivity index (χ2n) is 11.2. The van der Waals surface area contributed by atoms with Crippen LogP contribution in [0.1, 0.15) is 63.5 Å². The minimum absolute atomic E-state index is 0.134. The van der Waals surface area contributed by atoms with Crippen LogP contribution in [0.4, 0.5) is 5.69 Å². The van der Waals surface area contributed by atoms with E-state index in [0.717, 1.165) is 29.7 Å². The molecular formula is C30H42N2O6. The molecule has 38 heavy (non-hydrogen) atoms. The number of fused-ring (bicyclic) bond motifs is 1. The first-order valence-corrected chi connectivity index (χ1v) is 13.9. The number of rotatable bonds is 12. The third kappa shape index (κ3) is 4.66. The zero-order chi connectivity index (χ0) is 27.7. The highest BCUT2D eigenvalue weighted by Gasteiger charge is 2.78. The maximum absolute atomic E-state index is 14.6. The van der Waals surface area contributed by atoms with Crippen molar-refractivity contribution in [3.63, 3.8) is 0 Å². The summed E-state index contributed by atoms with van der Waals surface area (Å²) >= 11 is 0. The predicted octanol–water partition coefficient (Wildman–Crippen LogP) is 3.70. The zero-order valence-corrected chi connectivity index (χ0v) is 23.2. The number of aryl methyl sites for hydroxylation is 2. The average Bonchev–Trinajstić information content (AvgIpc) is 3.44. The van der Waals surface area contributed by atoms with Crippen LogP contribution in [0.3, 0.4) is 0 Å². The van der Waals surface area contributed by atoms with E-state index in [2.05, 4.69) is 6.58 Å². The fourth-order valence-electron chi connectivity index (χ4n) is 6.88. The Labute approximate surface area is 226 Å². The molecule has 3 heterocycles. The largest absolute Gasteiger partial charge is 0.466 e. The molecule has 3 aliphatic heterocycles. The number of amides is 2. The Hall–Kier alpha value is -2.71. The molecule has 1 aromatic carbocycles. The van der Waals surface area contributed by atoms with Gasteiger partial charge in [0.05, 0.1) is 18.1 Å². The van der Waals surface area contributed by atoms with Crippen molar-refractivity contribution in [3.05, 3.63) is 42.0 Å². The number of esters is 1. The van der Waals surface area contributed by atoms with E-state index >= 15 is 0 Å². The molecular weight excluding hydrogens is 484 g/mol. The van der Waals surface area contributed by atoms with Crippen molar-refractivity contribution in [3.8, 4) is 0 Å². The van der Waals surface area contributed by atoms with Gasteiger partial charge in [-0.3, -0.25) is 14.4 Å². The van der Waals surface area contributed by atoms with Crippen molar-refractivity contribution in [1.82, 2.24) is 4.90 Å². The van der Waals surface area contributed by atoms with Gasteiger partial charge in [0.2, 0.25) is 5.91 Å². The molecule has 0 aliphatic carbocycles. The van der Waals surface area contributed by atoms with E-state index in [1.807, 2.05) is 39.0 Å². The van der Waals surface area contributed by atoms with Gasteiger partial charge in [0.15, 0.2) is 0 Å². The van der Waals surface area contributed by atoms with Crippen molar-refractivity contribution in [2.24, 2.45) is 11.8 Å². The third-order valence-corrected chi connectivity index (χ3v) is 8.59. The molecule has 3 aliphatic rings. The van der Waals surface area contributed by atoms with Gasteiger partial charge in [-0.1, -0.05) is 31.1 Å². The predicted molar refractivity (Wildman–Crippen MR) is 145 cm³/mol. The zero-order valence-electron chi connectivity index (χ0n) is 23.2. The maximum atomic E-state index is 14.6. The first kappa shape index (κ1) is 28.3. The molecule has 8 nitrogen and oxygen atoms in total. The SMILES string of the molecule is C=CCN(C(=O)C1N(CCCCCCO)C(=O)[C@@H]2[C@@H](C(=O)OCC)[C@@]3(C)CCC12O3)c1cc(C)ccc1C. The van der Waals surface area contributed by atoms with Gasteiger partial charge < -0.3 is 24.4 Å². The van der Waals surface area contributed by atoms with Crippen molar-refractivity contribution >= 4 is 23.5 Å². The van der Waals surface area contributed by atoms with E-state index in [-0.39, 0.29) is 31.6 Å². The molecule has 0 aromatic heterocycles. The normalized spacial score (nSPS) is 29.4. The standard InChI is InChI=1S/C30H42N2O6/c1-6-16-31(22-19-20(3)12-13-21(22)4)27(35)25-30-15-14-29(5,38-30)24(28(36)37-7-2)23(30)26(34)32(25)17-10-8-9-11-18-33/h6,12-13,19,23-25,33H,1,7-11,14-18H2,2-5H3/t23-,24-,25?,29+,30?/m0/s1. The summed E-state index contributed by atoms with van der Waals surface area (Å²) < 4.78 is 12.1. The summed E-state index contributed by atoms with van der Waals surface area (Å²) in [5, 5.41) is 9.14. The third-order valence-electron chi connectivity index (χ3n) is 8.59. The number of ether oxygens (including phenoxy) is 2. The Morgan fingerprint density at radius 3 is 2.66 bits per heavy atom. The molecule has 1 aromatic rings. The van der Waals surface area contributed by atoms with Crippen LogP contribution in [0.2, 0.25) is 0 Å². The minimum Gasteiger partial charge on any atom is -0.466 e. The first-order valence-electron chi connectivity index (χ1n) is 13.9. The lowest BCUT2D eigenvalue weighted by Crippen LogP contribution is -2.56. The lowest BCUT2D eigenvalue weighted by Gasteiger charge is -2.37. The Kier molecular flexibility index (Phi) is 8.33. The van der Waals surface area contributed by atoms with Crippen LogP contribution >= 0.6 is 0 Å². The lowest BCUT2D eigenvalue weighted by atomic mass is 9.66. The molecule has 0 radical (unpaired) electrons. The van der Waals surface area contributed by atoms with Gasteiger partial charge in [0, 0.05) is 25.4 Å². The average molecular weight is 527 g/mol. The number of benzene rings is 1. The number of carbonyl (C=O) groups excluding carboxylic acids is 3. The van der Waals surface area contributed by atoms with Crippen molar-refractivity contribution < 1.29 is 29.0 Å². The van der Waals surface area contributed by atoms with Crippen LogP contribution in [0.5, 0.6) is 0 Å². The summed E-state index contributed by atoms with van der Waals surface area (Å²) in [4.78, 5) is 45.2. The molecule has 2 bridgehead atoms. The van der Waals surface area contributed by atoms with Gasteiger partial charge in [-0.15, -0.1) is 6.58 Å². The van der Waals surface area contributed by atoms with Crippen molar-refractivity contribution in [2.45, 2.75) is 83.5 Å². The highest BCUT2D eigenvalue weighted by atomic mass is 16.6. The summed E-state index contributed by atoms with van der Waals surface area (Å²) in [6.45, 7) is 12.5. The van der Waals surface area contributed by atoms with Gasteiger partial charge in [0.25, 0.3) is 5.91 Å². The summed E-state index contributed by atoms with van der Waals surface area (Å²) in [5.74, 6) is -2.34. The van der Waals surface area contributed by atoms with E-state index in [4.69, 9.17) is 14.6 Å². The highest BCUT2D eigenvalue weighted by molar-refractivity contribution is 6.05. The number of aliphatic hydroxyl groups excluding tert-OH is 1. The minimum atomic E-state index is -1.08. The lowest BCUT2D eigenvalue weighted by molar-refractivity contribution is -0.159. The monoisotopic (exact) mass is 526 g/mol. The number of hydrogen-bond donors (Lipinski definition) is 1. The van der Waals surface area contributed by atoms with Gasteiger partial charge in [0.1, 0.15) is 17.6 Å². The Morgan fingerprint density at radius 1 is 1.24 bits per heavy atom. The number of nitrogens with zero attached hydrogens (tertiary/aromatic N) is 2. The second kappa shape index (κ2) is 11.2. The molecule has 3 saturated heterocycles. The molecule has 4 rings (SSSR count). The number of aliphatic hydroxyl groups is 1. The molecule has 1 spiro atoms. The molecule has 0 saturated carbocycles. The fourth-order valence-corrected chi connectivity index (χ4v) is 6.88. The number of carbonyl (C=O) groups is 3. The molecule has 8 heteroatoms. The van der Waals surface area contributed by atoms with Crippen LogP contribution < -0.4 is 4.90 Å². The van der Waals surface area contributed by atoms with Gasteiger partial charge >= 0.3 is 5.97 Å². The molecule has 208 valence electrons. The number of anilines is 1. The van der Waals surface area contributed by atoms with Crippen LogP contribution in [-0.4, -0.2) is 71.3 Å². The number of likely N-dealkylation sites (tertiary alicyclic amines) is 1. The molecule has 1 N–H and O–H groups in total. The second-order valence-corrected chi connectivity index (χ2v) is 11.2. The molecule has 3 fully saturated rings. The van der Waals surface area contributed by atoms with E-state index in [1.165, 1.54) is 0 Å². The molecule has 2 amide bonds. The van der Waals surface area contributed by atoms with Crippen LogP contribution in [-0.2, 0) is 23.9 Å². The van der Waals surface area contributed by atoms with Crippen LogP contribution in [0.25, 0.3) is 0 Å².